The van der Waals surface area contributed by atoms with Gasteiger partial charge in [0.15, 0.2) is 0 Å². The maximum atomic E-state index is 12.0. The summed E-state index contributed by atoms with van der Waals surface area (Å²) < 4.78 is 10.2. The summed E-state index contributed by atoms with van der Waals surface area (Å²) in [6.45, 7) is 2.51. The van der Waals surface area contributed by atoms with Gasteiger partial charge in [0.1, 0.15) is 17.4 Å². The fourth-order valence-electron chi connectivity index (χ4n) is 5.27. The van der Waals surface area contributed by atoms with Crippen LogP contribution in [0.1, 0.15) is 57.5 Å². The van der Waals surface area contributed by atoms with Crippen molar-refractivity contribution in [3.05, 3.63) is 71.1 Å². The zero-order valence-corrected chi connectivity index (χ0v) is 20.3. The number of unbranched alkanes of at least 4 members (excludes halogenated alkanes) is 1. The highest BCUT2D eigenvalue weighted by Gasteiger charge is 2.34. The number of ether oxygens (including phenoxy) is 1. The van der Waals surface area contributed by atoms with Gasteiger partial charge in [0.05, 0.1) is 23.8 Å². The minimum Gasteiger partial charge on any atom is -0.478 e. The molecule has 0 unspecified atom stereocenters. The van der Waals surface area contributed by atoms with E-state index in [-0.39, 0.29) is 11.5 Å². The van der Waals surface area contributed by atoms with Gasteiger partial charge in [-0.05, 0) is 68.0 Å². The fraction of sp³-hybridized carbons (Fsp3) is 0.357. The molecule has 8 heteroatoms. The van der Waals surface area contributed by atoms with Crippen molar-refractivity contribution in [2.24, 2.45) is 0 Å². The number of likely N-dealkylation sites (tertiary alicyclic amines) is 1. The first-order valence-electron chi connectivity index (χ1n) is 12.3. The number of aromatic carboxylic acids is 1. The average molecular weight is 491 g/mol. The molecule has 2 aromatic carbocycles. The summed E-state index contributed by atoms with van der Waals surface area (Å²) in [4.78, 5) is 29.1. The van der Waals surface area contributed by atoms with Crippen molar-refractivity contribution in [1.82, 2.24) is 9.88 Å². The summed E-state index contributed by atoms with van der Waals surface area (Å²) >= 11 is 0. The summed E-state index contributed by atoms with van der Waals surface area (Å²) in [6, 6.07) is 11.0. The molecule has 1 aliphatic rings. The molecular formula is C28H30N2O6. The predicted molar refractivity (Wildman–Crippen MR) is 135 cm³/mol. The van der Waals surface area contributed by atoms with E-state index in [1.54, 1.807) is 18.2 Å². The second-order valence-corrected chi connectivity index (χ2v) is 9.53. The topological polar surface area (TPSA) is 116 Å². The van der Waals surface area contributed by atoms with E-state index in [9.17, 15) is 19.8 Å². The SMILES string of the molecule is COC(=O)c1cccc2c(CCCCN3CCC(O)(c4ccc5occ(C(=O)O)c5c4)CC3)c[nH]c12. The number of carbonyl (C=O) groups excluding carboxylic acids is 1. The van der Waals surface area contributed by atoms with Crippen LogP contribution in [0.2, 0.25) is 0 Å². The Balaban J connectivity index is 1.15. The largest absolute Gasteiger partial charge is 0.478 e. The number of carboxylic acid groups (broad SMARTS) is 1. The van der Waals surface area contributed by atoms with E-state index < -0.39 is 11.6 Å². The number of para-hydroxylation sites is 1. The van der Waals surface area contributed by atoms with Gasteiger partial charge in [-0.2, -0.15) is 0 Å². The van der Waals surface area contributed by atoms with E-state index in [1.807, 2.05) is 24.4 Å². The third-order valence-corrected chi connectivity index (χ3v) is 7.40. The van der Waals surface area contributed by atoms with Crippen LogP contribution < -0.4 is 0 Å². The number of H-pyrrole nitrogens is 1. The number of aromatic amines is 1. The van der Waals surface area contributed by atoms with Gasteiger partial charge in [-0.1, -0.05) is 18.2 Å². The number of benzene rings is 2. The number of nitrogens with one attached hydrogen (secondary N) is 1. The number of piperidine rings is 1. The molecule has 0 radical (unpaired) electrons. The van der Waals surface area contributed by atoms with Gasteiger partial charge >= 0.3 is 11.9 Å². The second-order valence-electron chi connectivity index (χ2n) is 9.53. The fourth-order valence-corrected chi connectivity index (χ4v) is 5.27. The summed E-state index contributed by atoms with van der Waals surface area (Å²) in [5.74, 6) is -1.38. The Bertz CT molecular complexity index is 1410. The lowest BCUT2D eigenvalue weighted by atomic mass is 9.83. The van der Waals surface area contributed by atoms with Crippen LogP contribution in [0.25, 0.3) is 21.9 Å². The van der Waals surface area contributed by atoms with Crippen molar-refractivity contribution >= 4 is 33.8 Å². The lowest BCUT2D eigenvalue weighted by Gasteiger charge is -2.38. The molecule has 4 aromatic rings. The number of esters is 1. The van der Waals surface area contributed by atoms with Crippen molar-refractivity contribution in [3.8, 4) is 0 Å². The minimum absolute atomic E-state index is 0.115. The molecule has 0 spiro atoms. The van der Waals surface area contributed by atoms with E-state index in [1.165, 1.54) is 18.9 Å². The Hall–Kier alpha value is -3.62. The Labute approximate surface area is 208 Å². The number of hydrogen-bond acceptors (Lipinski definition) is 6. The van der Waals surface area contributed by atoms with Crippen LogP contribution in [0, 0.1) is 0 Å². The minimum atomic E-state index is -1.04. The highest BCUT2D eigenvalue weighted by atomic mass is 16.5. The first-order valence-corrected chi connectivity index (χ1v) is 12.3. The lowest BCUT2D eigenvalue weighted by Crippen LogP contribution is -2.42. The summed E-state index contributed by atoms with van der Waals surface area (Å²) in [6.07, 6.45) is 7.38. The van der Waals surface area contributed by atoms with Crippen LogP contribution in [0.3, 0.4) is 0 Å². The Morgan fingerprint density at radius 1 is 1.11 bits per heavy atom. The van der Waals surface area contributed by atoms with E-state index in [4.69, 9.17) is 9.15 Å². The van der Waals surface area contributed by atoms with Gasteiger partial charge < -0.3 is 29.3 Å². The van der Waals surface area contributed by atoms with E-state index >= 15 is 0 Å². The number of carbonyl (C=O) groups is 2. The average Bonchev–Trinajstić information content (AvgIpc) is 3.51. The number of aryl methyl sites for hydroxylation is 1. The third kappa shape index (κ3) is 4.50. The molecule has 1 aliphatic heterocycles. The zero-order valence-electron chi connectivity index (χ0n) is 20.3. The van der Waals surface area contributed by atoms with Crippen molar-refractivity contribution in [3.63, 3.8) is 0 Å². The number of hydrogen-bond donors (Lipinski definition) is 3. The molecule has 8 nitrogen and oxygen atoms in total. The molecule has 0 bridgehead atoms. The third-order valence-electron chi connectivity index (χ3n) is 7.40. The van der Waals surface area contributed by atoms with E-state index in [0.717, 1.165) is 55.4 Å². The maximum absolute atomic E-state index is 12.0. The summed E-state index contributed by atoms with van der Waals surface area (Å²) in [5.41, 5.74) is 2.95. The number of furan rings is 1. The normalized spacial score (nSPS) is 15.9. The molecular weight excluding hydrogens is 460 g/mol. The van der Waals surface area contributed by atoms with Gasteiger partial charge in [-0.15, -0.1) is 0 Å². The molecule has 188 valence electrons. The van der Waals surface area contributed by atoms with Crippen molar-refractivity contribution < 1.29 is 29.0 Å². The van der Waals surface area contributed by atoms with Gasteiger partial charge in [0, 0.05) is 30.1 Å². The molecule has 0 aliphatic carbocycles. The van der Waals surface area contributed by atoms with E-state index in [0.29, 0.717) is 29.4 Å². The maximum Gasteiger partial charge on any atom is 0.339 e. The molecule has 1 fully saturated rings. The molecule has 3 heterocycles. The highest BCUT2D eigenvalue weighted by molar-refractivity contribution is 6.04. The van der Waals surface area contributed by atoms with Crippen molar-refractivity contribution in [1.29, 1.82) is 0 Å². The molecule has 0 saturated carbocycles. The first kappa shape index (κ1) is 24.1. The molecule has 3 N–H and O–H groups in total. The van der Waals surface area contributed by atoms with Gasteiger partial charge in [-0.3, -0.25) is 0 Å². The van der Waals surface area contributed by atoms with Gasteiger partial charge in [0.2, 0.25) is 0 Å². The van der Waals surface area contributed by atoms with Crippen LogP contribution in [0.15, 0.2) is 53.3 Å². The van der Waals surface area contributed by atoms with Crippen LogP contribution in [0.5, 0.6) is 0 Å². The number of fused-ring (bicyclic) bond motifs is 2. The standard InChI is InChI=1S/C28H30N2O6/c1-35-27(33)21-7-4-6-20-18(16-29-25(20)21)5-2-3-12-30-13-10-28(34,11-14-30)19-8-9-24-22(15-19)23(17-36-24)26(31)32/h4,6-9,15-17,29,34H,2-3,5,10-14H2,1H3,(H,31,32). The van der Waals surface area contributed by atoms with Crippen molar-refractivity contribution in [2.45, 2.75) is 37.7 Å². The first-order chi connectivity index (χ1) is 17.4. The summed E-state index contributed by atoms with van der Waals surface area (Å²) in [5, 5.41) is 22.3. The molecule has 5 rings (SSSR count). The van der Waals surface area contributed by atoms with Crippen LogP contribution in [0.4, 0.5) is 0 Å². The smallest absolute Gasteiger partial charge is 0.339 e. The van der Waals surface area contributed by atoms with Crippen LogP contribution in [-0.2, 0) is 16.8 Å². The van der Waals surface area contributed by atoms with Gasteiger partial charge in [0.25, 0.3) is 0 Å². The summed E-state index contributed by atoms with van der Waals surface area (Å²) in [7, 11) is 1.39. The molecule has 1 saturated heterocycles. The molecule has 36 heavy (non-hydrogen) atoms. The predicted octanol–water partition coefficient (Wildman–Crippen LogP) is 4.71. The molecule has 0 amide bonds. The lowest BCUT2D eigenvalue weighted by molar-refractivity contribution is -0.0259. The highest BCUT2D eigenvalue weighted by Crippen LogP contribution is 2.35. The Morgan fingerprint density at radius 2 is 1.92 bits per heavy atom. The number of rotatable bonds is 8. The van der Waals surface area contributed by atoms with E-state index in [2.05, 4.69) is 9.88 Å². The Kier molecular flexibility index (Phi) is 6.55. The second kappa shape index (κ2) is 9.79. The molecule has 2 aromatic heterocycles. The number of aromatic nitrogens is 1. The van der Waals surface area contributed by atoms with Crippen LogP contribution in [-0.4, -0.2) is 58.8 Å². The Morgan fingerprint density at radius 3 is 2.67 bits per heavy atom. The number of nitrogens with zero attached hydrogens (tertiary/aromatic N) is 1. The quantitative estimate of drug-likeness (QED) is 0.242. The number of methoxy groups -OCH3 is 1. The van der Waals surface area contributed by atoms with Crippen molar-refractivity contribution in [2.75, 3.05) is 26.7 Å². The number of carboxylic acids is 1. The molecule has 0 atom stereocenters. The monoisotopic (exact) mass is 490 g/mol. The van der Waals surface area contributed by atoms with Crippen LogP contribution >= 0.6 is 0 Å². The zero-order chi connectivity index (χ0) is 25.3. The van der Waals surface area contributed by atoms with Gasteiger partial charge in [-0.25, -0.2) is 9.59 Å². The number of aliphatic hydroxyl groups is 1.